The minimum Gasteiger partial charge on any atom is -0.310 e. The average Bonchev–Trinajstić information content (AvgIpc) is 3.33. The van der Waals surface area contributed by atoms with E-state index in [-0.39, 0.29) is 0 Å². The van der Waals surface area contributed by atoms with Crippen molar-refractivity contribution in [3.8, 4) is 5.69 Å². The molecule has 0 unspecified atom stereocenters. The zero-order valence-electron chi connectivity index (χ0n) is 15.0. The van der Waals surface area contributed by atoms with Crippen molar-refractivity contribution >= 4 is 51.0 Å². The van der Waals surface area contributed by atoms with Gasteiger partial charge in [-0.05, 0) is 48.5 Å². The molecular weight excluding hydrogens is 362 g/mol. The molecule has 0 spiro atoms. The number of anilines is 3. The van der Waals surface area contributed by atoms with Crippen molar-refractivity contribution in [1.29, 1.82) is 0 Å². The molecular formula is C24H17N3S. The van der Waals surface area contributed by atoms with Gasteiger partial charge in [0.15, 0.2) is 0 Å². The van der Waals surface area contributed by atoms with Gasteiger partial charge in [-0.1, -0.05) is 48.5 Å². The van der Waals surface area contributed by atoms with E-state index in [0.29, 0.717) is 0 Å². The molecule has 3 nitrogen and oxygen atoms in total. The molecule has 0 atom stereocenters. The van der Waals surface area contributed by atoms with Crippen molar-refractivity contribution in [3.05, 3.63) is 97.1 Å². The second-order valence-electron chi connectivity index (χ2n) is 6.89. The predicted molar refractivity (Wildman–Crippen MR) is 121 cm³/mol. The van der Waals surface area contributed by atoms with Gasteiger partial charge in [-0.3, -0.25) is 4.31 Å². The Kier molecular flexibility index (Phi) is 3.40. The number of aromatic nitrogens is 1. The van der Waals surface area contributed by atoms with Gasteiger partial charge in [0, 0.05) is 16.5 Å². The smallest absolute Gasteiger partial charge is 0.0782 e. The zero-order valence-corrected chi connectivity index (χ0v) is 15.9. The fourth-order valence-electron chi connectivity index (χ4n) is 4.01. The van der Waals surface area contributed by atoms with E-state index in [1.54, 1.807) is 12.1 Å². The molecule has 6 rings (SSSR count). The lowest BCUT2D eigenvalue weighted by Crippen LogP contribution is -2.03. The van der Waals surface area contributed by atoms with E-state index in [0.717, 1.165) is 11.4 Å². The molecule has 1 aliphatic heterocycles. The molecule has 28 heavy (non-hydrogen) atoms. The summed E-state index contributed by atoms with van der Waals surface area (Å²) in [7, 11) is 0. The molecule has 4 aromatic carbocycles. The quantitative estimate of drug-likeness (QED) is 0.337. The number of hydrogen-bond acceptors (Lipinski definition) is 3. The van der Waals surface area contributed by atoms with Crippen molar-refractivity contribution in [3.63, 3.8) is 0 Å². The third kappa shape index (κ3) is 2.25. The summed E-state index contributed by atoms with van der Waals surface area (Å²) in [6.45, 7) is 0. The maximum atomic E-state index is 3.38. The summed E-state index contributed by atoms with van der Waals surface area (Å²) in [5.74, 6) is 0. The molecule has 1 aromatic heterocycles. The van der Waals surface area contributed by atoms with Gasteiger partial charge < -0.3 is 9.29 Å². The van der Waals surface area contributed by atoms with Gasteiger partial charge in [-0.25, -0.2) is 0 Å². The van der Waals surface area contributed by atoms with E-state index >= 15 is 0 Å². The van der Waals surface area contributed by atoms with E-state index in [9.17, 15) is 0 Å². The lowest BCUT2D eigenvalue weighted by Gasteiger charge is -2.17. The van der Waals surface area contributed by atoms with E-state index in [2.05, 4.69) is 111 Å². The molecule has 0 amide bonds. The number of para-hydroxylation sites is 4. The Balaban J connectivity index is 1.48. The maximum absolute atomic E-state index is 3.38. The predicted octanol–water partition coefficient (Wildman–Crippen LogP) is 6.91. The Bertz CT molecular complexity index is 1270. The van der Waals surface area contributed by atoms with Gasteiger partial charge in [0.1, 0.15) is 0 Å². The van der Waals surface area contributed by atoms with Crippen molar-refractivity contribution < 1.29 is 0 Å². The molecule has 0 aliphatic carbocycles. The Morgan fingerprint density at radius 1 is 0.571 bits per heavy atom. The molecule has 5 aromatic rings. The summed E-state index contributed by atoms with van der Waals surface area (Å²) in [4.78, 5) is 0. The van der Waals surface area contributed by atoms with Crippen molar-refractivity contribution in [1.82, 2.24) is 4.57 Å². The first kappa shape index (κ1) is 15.7. The Morgan fingerprint density at radius 3 is 1.86 bits per heavy atom. The molecule has 1 N–H and O–H groups in total. The molecule has 4 heteroatoms. The second kappa shape index (κ2) is 6.08. The maximum Gasteiger partial charge on any atom is 0.0782 e. The minimum atomic E-state index is 1.15. The summed E-state index contributed by atoms with van der Waals surface area (Å²) < 4.78 is 7.95. The molecule has 1 aliphatic rings. The molecule has 0 saturated heterocycles. The lowest BCUT2D eigenvalue weighted by molar-refractivity contribution is 1.18. The summed E-state index contributed by atoms with van der Waals surface area (Å²) >= 11 is 1.61. The number of hydrogen-bond donors (Lipinski definition) is 1. The van der Waals surface area contributed by atoms with Crippen LogP contribution in [0.2, 0.25) is 0 Å². The van der Waals surface area contributed by atoms with Gasteiger partial charge in [0.25, 0.3) is 0 Å². The number of rotatable bonds is 2. The number of fused-ring (bicyclic) bond motifs is 4. The van der Waals surface area contributed by atoms with Gasteiger partial charge >= 0.3 is 0 Å². The van der Waals surface area contributed by atoms with Crippen molar-refractivity contribution in [2.24, 2.45) is 0 Å². The van der Waals surface area contributed by atoms with E-state index in [1.807, 2.05) is 0 Å². The van der Waals surface area contributed by atoms with Crippen molar-refractivity contribution in [2.75, 3.05) is 9.03 Å². The van der Waals surface area contributed by atoms with Crippen LogP contribution in [-0.4, -0.2) is 4.57 Å². The SMILES string of the molecule is c1ccc2c(c1)NSN2c1ccc(-n2c3ccccc3c3ccccc32)cc1. The van der Waals surface area contributed by atoms with E-state index in [4.69, 9.17) is 0 Å². The monoisotopic (exact) mass is 379 g/mol. The van der Waals surface area contributed by atoms with Crippen LogP contribution >= 0.6 is 12.1 Å². The van der Waals surface area contributed by atoms with Gasteiger partial charge in [-0.15, -0.1) is 0 Å². The zero-order chi connectivity index (χ0) is 18.5. The highest BCUT2D eigenvalue weighted by Gasteiger charge is 2.21. The van der Waals surface area contributed by atoms with Crippen LogP contribution in [-0.2, 0) is 0 Å². The van der Waals surface area contributed by atoms with Gasteiger partial charge in [0.2, 0.25) is 0 Å². The van der Waals surface area contributed by atoms with Crippen LogP contribution < -0.4 is 9.03 Å². The Morgan fingerprint density at radius 2 is 1.14 bits per heavy atom. The molecule has 0 bridgehead atoms. The lowest BCUT2D eigenvalue weighted by atomic mass is 10.2. The third-order valence-corrected chi connectivity index (χ3v) is 6.19. The summed E-state index contributed by atoms with van der Waals surface area (Å²) in [5.41, 5.74) is 7.15. The van der Waals surface area contributed by atoms with Gasteiger partial charge in [-0.2, -0.15) is 0 Å². The third-order valence-electron chi connectivity index (χ3n) is 5.29. The van der Waals surface area contributed by atoms with E-state index in [1.165, 1.54) is 33.2 Å². The van der Waals surface area contributed by atoms with Gasteiger partial charge in [0.05, 0.1) is 40.2 Å². The van der Waals surface area contributed by atoms with Crippen LogP contribution in [0.4, 0.5) is 17.1 Å². The van der Waals surface area contributed by atoms with Crippen LogP contribution in [0.3, 0.4) is 0 Å². The van der Waals surface area contributed by atoms with Crippen LogP contribution in [0.5, 0.6) is 0 Å². The molecule has 134 valence electrons. The van der Waals surface area contributed by atoms with Crippen molar-refractivity contribution in [2.45, 2.75) is 0 Å². The fraction of sp³-hybridized carbons (Fsp3) is 0. The van der Waals surface area contributed by atoms with Crippen LogP contribution in [0.15, 0.2) is 97.1 Å². The highest BCUT2D eigenvalue weighted by molar-refractivity contribution is 8.02. The molecule has 0 saturated carbocycles. The topological polar surface area (TPSA) is 20.2 Å². The Labute approximate surface area is 167 Å². The Hall–Kier alpha value is -3.37. The largest absolute Gasteiger partial charge is 0.310 e. The average molecular weight is 379 g/mol. The first-order valence-corrected chi connectivity index (χ1v) is 10.1. The molecule has 0 fully saturated rings. The highest BCUT2D eigenvalue weighted by Crippen LogP contribution is 2.44. The van der Waals surface area contributed by atoms with Crippen LogP contribution in [0.1, 0.15) is 0 Å². The number of nitrogens with one attached hydrogen (secondary N) is 1. The number of nitrogens with zero attached hydrogens (tertiary/aromatic N) is 2. The highest BCUT2D eigenvalue weighted by atomic mass is 32.2. The summed E-state index contributed by atoms with van der Waals surface area (Å²) in [6, 6.07) is 34.4. The summed E-state index contributed by atoms with van der Waals surface area (Å²) in [5, 5.41) is 2.57. The summed E-state index contributed by atoms with van der Waals surface area (Å²) in [6.07, 6.45) is 0. The number of benzene rings is 4. The van der Waals surface area contributed by atoms with E-state index < -0.39 is 0 Å². The molecule has 2 heterocycles. The fourth-order valence-corrected chi connectivity index (χ4v) is 4.86. The minimum absolute atomic E-state index is 1.15. The molecule has 0 radical (unpaired) electrons. The first-order chi connectivity index (χ1) is 13.9. The van der Waals surface area contributed by atoms with Crippen LogP contribution in [0, 0.1) is 0 Å². The first-order valence-electron chi connectivity index (χ1n) is 9.31. The van der Waals surface area contributed by atoms with Crippen LogP contribution in [0.25, 0.3) is 27.5 Å². The second-order valence-corrected chi connectivity index (χ2v) is 7.64. The normalized spacial score (nSPS) is 13.1. The standard InChI is InChI=1S/C24H17N3S/c1-4-10-22-19(7-1)20-8-2-5-11-23(20)26(22)17-13-15-18(16-14-17)27-24-12-6-3-9-21(24)25-28-27/h1-16,25H.